The van der Waals surface area contributed by atoms with Crippen LogP contribution in [0.1, 0.15) is 79.7 Å². The van der Waals surface area contributed by atoms with E-state index in [0.717, 1.165) is 18.7 Å². The molecule has 4 fully saturated rings. The van der Waals surface area contributed by atoms with Crippen molar-refractivity contribution < 1.29 is 4.74 Å². The van der Waals surface area contributed by atoms with Crippen LogP contribution >= 0.6 is 0 Å². The molecule has 2 unspecified atom stereocenters. The highest BCUT2D eigenvalue weighted by Gasteiger charge is 2.64. The van der Waals surface area contributed by atoms with Crippen LogP contribution < -0.4 is 5.32 Å². The molecule has 2 saturated carbocycles. The molecule has 1 aromatic carbocycles. The number of tetrazole rings is 1. The van der Waals surface area contributed by atoms with E-state index >= 15 is 0 Å². The molecule has 0 radical (unpaired) electrons. The number of rotatable bonds is 5. The molecule has 4 aliphatic rings. The standard InChI is InChI=1S/C21H29N5O/c1-12-6-9-17(14(3)13(12)2)18(19-23-24-25-26(19)16-7-8-16)22-21-10-20(5,11-21)27-15(21)4/h6,9,15-16,18,22H,7-8,10-11H2,1-5H3. The topological polar surface area (TPSA) is 64.9 Å². The van der Waals surface area contributed by atoms with Crippen LogP contribution in [0.15, 0.2) is 12.1 Å². The van der Waals surface area contributed by atoms with Crippen molar-refractivity contribution in [3.05, 3.63) is 40.2 Å². The zero-order valence-corrected chi connectivity index (χ0v) is 16.9. The Balaban J connectivity index is 1.58. The largest absolute Gasteiger partial charge is 0.370 e. The Kier molecular flexibility index (Phi) is 3.60. The van der Waals surface area contributed by atoms with Gasteiger partial charge < -0.3 is 4.74 Å². The molecule has 6 nitrogen and oxygen atoms in total. The van der Waals surface area contributed by atoms with Crippen molar-refractivity contribution in [1.82, 2.24) is 25.5 Å². The van der Waals surface area contributed by atoms with Gasteiger partial charge in [0.15, 0.2) is 5.82 Å². The molecule has 6 rings (SSSR count). The smallest absolute Gasteiger partial charge is 0.173 e. The van der Waals surface area contributed by atoms with E-state index in [-0.39, 0.29) is 23.3 Å². The summed E-state index contributed by atoms with van der Waals surface area (Å²) in [5.41, 5.74) is 5.29. The van der Waals surface area contributed by atoms with Gasteiger partial charge in [0.25, 0.3) is 0 Å². The zero-order valence-electron chi connectivity index (χ0n) is 16.9. The maximum Gasteiger partial charge on any atom is 0.173 e. The van der Waals surface area contributed by atoms with Gasteiger partial charge in [-0.1, -0.05) is 12.1 Å². The Labute approximate surface area is 160 Å². The van der Waals surface area contributed by atoms with Crippen LogP contribution in [-0.2, 0) is 4.74 Å². The lowest BCUT2D eigenvalue weighted by Gasteiger charge is -2.46. The third-order valence-electron chi connectivity index (χ3n) is 7.13. The highest BCUT2D eigenvalue weighted by Crippen LogP contribution is 2.56. The van der Waals surface area contributed by atoms with E-state index < -0.39 is 0 Å². The zero-order chi connectivity index (χ0) is 19.0. The quantitative estimate of drug-likeness (QED) is 0.878. The average Bonchev–Trinajstić information content (AvgIpc) is 3.20. The summed E-state index contributed by atoms with van der Waals surface area (Å²) in [7, 11) is 0. The first-order chi connectivity index (χ1) is 12.8. The fourth-order valence-electron chi connectivity index (χ4n) is 5.24. The molecule has 0 spiro atoms. The Morgan fingerprint density at radius 1 is 1.19 bits per heavy atom. The van der Waals surface area contributed by atoms with Crippen molar-refractivity contribution in [1.29, 1.82) is 0 Å². The van der Waals surface area contributed by atoms with Crippen molar-refractivity contribution >= 4 is 0 Å². The van der Waals surface area contributed by atoms with E-state index in [4.69, 9.17) is 4.74 Å². The summed E-state index contributed by atoms with van der Waals surface area (Å²) in [4.78, 5) is 0. The van der Waals surface area contributed by atoms with Gasteiger partial charge in [0.05, 0.1) is 29.3 Å². The minimum atomic E-state index is -0.0198. The Morgan fingerprint density at radius 3 is 2.56 bits per heavy atom. The van der Waals surface area contributed by atoms with Crippen molar-refractivity contribution in [2.24, 2.45) is 0 Å². The Bertz CT molecular complexity index is 894. The second-order valence-corrected chi connectivity index (χ2v) is 9.23. The van der Waals surface area contributed by atoms with Gasteiger partial charge in [0, 0.05) is 0 Å². The third kappa shape index (κ3) is 2.57. The summed E-state index contributed by atoms with van der Waals surface area (Å²) in [6, 6.07) is 4.89. The summed E-state index contributed by atoms with van der Waals surface area (Å²) in [5.74, 6) is 0.936. The van der Waals surface area contributed by atoms with Crippen LogP contribution in [0.25, 0.3) is 0 Å². The minimum Gasteiger partial charge on any atom is -0.370 e. The first-order valence-electron chi connectivity index (χ1n) is 10.1. The van der Waals surface area contributed by atoms with Crippen molar-refractivity contribution in [2.75, 3.05) is 0 Å². The molecule has 2 saturated heterocycles. The van der Waals surface area contributed by atoms with Gasteiger partial charge >= 0.3 is 0 Å². The van der Waals surface area contributed by atoms with Gasteiger partial charge in [0.2, 0.25) is 0 Å². The highest BCUT2D eigenvalue weighted by molar-refractivity contribution is 5.43. The van der Waals surface area contributed by atoms with Crippen LogP contribution in [0.3, 0.4) is 0 Å². The molecule has 27 heavy (non-hydrogen) atoms. The second-order valence-electron chi connectivity index (χ2n) is 9.23. The maximum atomic E-state index is 6.22. The third-order valence-corrected chi connectivity index (χ3v) is 7.13. The molecule has 1 N–H and O–H groups in total. The number of fused-ring (bicyclic) bond motifs is 1. The van der Waals surface area contributed by atoms with Gasteiger partial charge in [-0.2, -0.15) is 0 Å². The van der Waals surface area contributed by atoms with Gasteiger partial charge in [-0.3, -0.25) is 5.32 Å². The summed E-state index contributed by atoms with van der Waals surface area (Å²) >= 11 is 0. The maximum absolute atomic E-state index is 6.22. The van der Waals surface area contributed by atoms with Gasteiger partial charge in [0.1, 0.15) is 0 Å². The molecule has 6 heteroatoms. The molecular formula is C21H29N5O. The van der Waals surface area contributed by atoms with Gasteiger partial charge in [-0.05, 0) is 93.0 Å². The van der Waals surface area contributed by atoms with E-state index in [2.05, 4.69) is 67.6 Å². The van der Waals surface area contributed by atoms with Crippen LogP contribution in [0.5, 0.6) is 0 Å². The Hall–Kier alpha value is -1.79. The molecule has 2 aliphatic heterocycles. The molecule has 2 aromatic rings. The number of hydrogen-bond acceptors (Lipinski definition) is 5. The van der Waals surface area contributed by atoms with Crippen molar-refractivity contribution in [2.45, 2.75) is 89.6 Å². The molecule has 0 amide bonds. The molecule has 1 aromatic heterocycles. The lowest BCUT2D eigenvalue weighted by Crippen LogP contribution is -2.60. The van der Waals surface area contributed by atoms with Crippen LogP contribution in [-0.4, -0.2) is 37.5 Å². The first kappa shape index (κ1) is 17.3. The number of nitrogens with one attached hydrogen (secondary N) is 1. The summed E-state index contributed by atoms with van der Waals surface area (Å²) in [6.45, 7) is 11.0. The van der Waals surface area contributed by atoms with E-state index in [0.29, 0.717) is 6.04 Å². The van der Waals surface area contributed by atoms with Crippen molar-refractivity contribution in [3.63, 3.8) is 0 Å². The van der Waals surface area contributed by atoms with E-state index in [1.54, 1.807) is 0 Å². The first-order valence-corrected chi connectivity index (χ1v) is 10.1. The predicted molar refractivity (Wildman–Crippen MR) is 103 cm³/mol. The molecule has 2 atom stereocenters. The lowest BCUT2D eigenvalue weighted by atomic mass is 9.66. The lowest BCUT2D eigenvalue weighted by molar-refractivity contribution is -0.00543. The van der Waals surface area contributed by atoms with Crippen LogP contribution in [0, 0.1) is 20.8 Å². The van der Waals surface area contributed by atoms with Gasteiger partial charge in [-0.15, -0.1) is 5.10 Å². The number of ether oxygens (including phenoxy) is 1. The van der Waals surface area contributed by atoms with E-state index in [1.165, 1.54) is 35.1 Å². The van der Waals surface area contributed by atoms with E-state index in [1.807, 2.05) is 4.68 Å². The number of aromatic nitrogens is 4. The fraction of sp³-hybridized carbons (Fsp3) is 0.667. The van der Waals surface area contributed by atoms with Gasteiger partial charge in [-0.25, -0.2) is 4.68 Å². The Morgan fingerprint density at radius 2 is 1.93 bits per heavy atom. The minimum absolute atomic E-state index is 0.00494. The van der Waals surface area contributed by atoms with Crippen LogP contribution in [0.4, 0.5) is 0 Å². The van der Waals surface area contributed by atoms with E-state index in [9.17, 15) is 0 Å². The molecular weight excluding hydrogens is 338 g/mol. The van der Waals surface area contributed by atoms with Crippen LogP contribution in [0.2, 0.25) is 0 Å². The summed E-state index contributed by atoms with van der Waals surface area (Å²) in [6.07, 6.45) is 4.62. The molecule has 2 bridgehead atoms. The molecule has 144 valence electrons. The summed E-state index contributed by atoms with van der Waals surface area (Å²) in [5, 5.41) is 16.8. The summed E-state index contributed by atoms with van der Waals surface area (Å²) < 4.78 is 8.27. The average molecular weight is 367 g/mol. The molecule has 2 aliphatic carbocycles. The second kappa shape index (κ2) is 5.61. The number of aryl methyl sites for hydroxylation is 1. The SMILES string of the molecule is Cc1ccc(C(NC23CC(C)(C2)OC3C)c2nnnn2C2CC2)c(C)c1C. The van der Waals surface area contributed by atoms with Crippen molar-refractivity contribution in [3.8, 4) is 0 Å². The molecule has 3 heterocycles. The predicted octanol–water partition coefficient (Wildman–Crippen LogP) is 3.32. The normalized spacial score (nSPS) is 33.1. The fourth-order valence-corrected chi connectivity index (χ4v) is 5.24. The number of benzene rings is 1. The highest BCUT2D eigenvalue weighted by atomic mass is 16.5. The number of nitrogens with zero attached hydrogens (tertiary/aromatic N) is 4. The number of hydrogen-bond donors (Lipinski definition) is 1. The monoisotopic (exact) mass is 367 g/mol.